The molecule has 0 amide bonds. The molecule has 0 atom stereocenters. The highest BCUT2D eigenvalue weighted by Gasteiger charge is 2.21. The van der Waals surface area contributed by atoms with Crippen LogP contribution >= 0.6 is 15.9 Å². The van der Waals surface area contributed by atoms with Gasteiger partial charge in [0.25, 0.3) is 5.56 Å². The summed E-state index contributed by atoms with van der Waals surface area (Å²) in [7, 11) is 0. The molecule has 0 spiro atoms. The fourth-order valence-electron chi connectivity index (χ4n) is 2.99. The first-order valence-corrected chi connectivity index (χ1v) is 8.83. The molecular formula is C18H16BrN5O. The first-order chi connectivity index (χ1) is 12.2. The number of nitrogens with zero attached hydrogens (tertiary/aromatic N) is 4. The molecule has 3 aromatic heterocycles. The lowest BCUT2D eigenvalue weighted by Crippen LogP contribution is -2.35. The molecule has 1 aliphatic rings. The third kappa shape index (κ3) is 3.52. The van der Waals surface area contributed by atoms with Crippen LogP contribution in [0.3, 0.4) is 0 Å². The molecule has 126 valence electrons. The van der Waals surface area contributed by atoms with Crippen LogP contribution in [0.2, 0.25) is 0 Å². The highest BCUT2D eigenvalue weighted by Crippen LogP contribution is 2.19. The molecule has 1 aliphatic heterocycles. The molecule has 7 heteroatoms. The number of hydrogen-bond donors (Lipinski definition) is 1. The molecule has 0 aromatic carbocycles. The van der Waals surface area contributed by atoms with Crippen LogP contribution in [0.1, 0.15) is 17.0 Å². The van der Waals surface area contributed by atoms with Crippen molar-refractivity contribution >= 4 is 15.9 Å². The second kappa shape index (κ2) is 6.85. The van der Waals surface area contributed by atoms with Gasteiger partial charge in [-0.25, -0.2) is 4.98 Å². The van der Waals surface area contributed by atoms with Crippen molar-refractivity contribution in [2.75, 3.05) is 6.54 Å². The minimum atomic E-state index is -0.0646. The van der Waals surface area contributed by atoms with Gasteiger partial charge in [-0.1, -0.05) is 0 Å². The van der Waals surface area contributed by atoms with E-state index in [1.165, 1.54) is 0 Å². The lowest BCUT2D eigenvalue weighted by atomic mass is 10.1. The third-order valence-corrected chi connectivity index (χ3v) is 4.74. The standard InChI is InChI=1S/C18H16BrN5O/c19-13-1-2-14(21-9-13)10-24-8-5-16-15(11-24)18(25)23-17(22-16)12-3-6-20-7-4-12/h1-4,6-7,9H,5,8,10-11H2,(H,22,23,25). The summed E-state index contributed by atoms with van der Waals surface area (Å²) in [6.07, 6.45) is 5.94. The van der Waals surface area contributed by atoms with Crippen molar-refractivity contribution in [2.24, 2.45) is 0 Å². The predicted octanol–water partition coefficient (Wildman–Crippen LogP) is 2.55. The fraction of sp³-hybridized carbons (Fsp3) is 0.222. The largest absolute Gasteiger partial charge is 0.306 e. The SMILES string of the molecule is O=c1[nH]c(-c2ccncc2)nc2c1CN(Cc1ccc(Br)cn1)CC2. The molecule has 0 aliphatic carbocycles. The molecular weight excluding hydrogens is 382 g/mol. The van der Waals surface area contributed by atoms with Gasteiger partial charge in [0.05, 0.1) is 17.0 Å². The Labute approximate surface area is 153 Å². The third-order valence-electron chi connectivity index (χ3n) is 4.28. The molecule has 4 heterocycles. The Kier molecular flexibility index (Phi) is 4.42. The lowest BCUT2D eigenvalue weighted by Gasteiger charge is -2.27. The van der Waals surface area contributed by atoms with Gasteiger partial charge in [-0.05, 0) is 40.2 Å². The van der Waals surface area contributed by atoms with Crippen molar-refractivity contribution in [1.82, 2.24) is 24.8 Å². The van der Waals surface area contributed by atoms with Gasteiger partial charge in [-0.3, -0.25) is 19.7 Å². The predicted molar refractivity (Wildman–Crippen MR) is 97.8 cm³/mol. The zero-order valence-electron chi connectivity index (χ0n) is 13.4. The smallest absolute Gasteiger partial charge is 0.255 e. The number of aromatic nitrogens is 4. The van der Waals surface area contributed by atoms with E-state index in [1.807, 2.05) is 24.3 Å². The highest BCUT2D eigenvalue weighted by molar-refractivity contribution is 9.10. The van der Waals surface area contributed by atoms with Gasteiger partial charge in [-0.2, -0.15) is 0 Å². The van der Waals surface area contributed by atoms with Crippen molar-refractivity contribution in [3.63, 3.8) is 0 Å². The number of halogens is 1. The summed E-state index contributed by atoms with van der Waals surface area (Å²) in [6.45, 7) is 2.17. The number of pyridine rings is 2. The average Bonchev–Trinajstić information content (AvgIpc) is 2.65. The molecule has 0 saturated heterocycles. The van der Waals surface area contributed by atoms with Crippen LogP contribution in [-0.2, 0) is 19.5 Å². The van der Waals surface area contributed by atoms with Crippen molar-refractivity contribution < 1.29 is 0 Å². The van der Waals surface area contributed by atoms with E-state index in [-0.39, 0.29) is 5.56 Å². The Morgan fingerprint density at radius 1 is 1.20 bits per heavy atom. The maximum atomic E-state index is 12.5. The Bertz CT molecular complexity index is 940. The normalized spacial score (nSPS) is 14.3. The first-order valence-electron chi connectivity index (χ1n) is 8.04. The molecule has 0 bridgehead atoms. The molecule has 1 N–H and O–H groups in total. The zero-order valence-corrected chi connectivity index (χ0v) is 15.0. The van der Waals surface area contributed by atoms with Gasteiger partial charge < -0.3 is 4.98 Å². The Hall–Kier alpha value is -2.38. The quantitative estimate of drug-likeness (QED) is 0.734. The summed E-state index contributed by atoms with van der Waals surface area (Å²) < 4.78 is 0.963. The Morgan fingerprint density at radius 3 is 2.80 bits per heavy atom. The topological polar surface area (TPSA) is 74.8 Å². The van der Waals surface area contributed by atoms with Crippen molar-refractivity contribution in [2.45, 2.75) is 19.5 Å². The van der Waals surface area contributed by atoms with Crippen LogP contribution in [-0.4, -0.2) is 31.4 Å². The number of rotatable bonds is 3. The molecule has 25 heavy (non-hydrogen) atoms. The first kappa shape index (κ1) is 16.1. The van der Waals surface area contributed by atoms with Crippen LogP contribution in [0.5, 0.6) is 0 Å². The number of hydrogen-bond acceptors (Lipinski definition) is 5. The summed E-state index contributed by atoms with van der Waals surface area (Å²) >= 11 is 3.39. The fourth-order valence-corrected chi connectivity index (χ4v) is 3.23. The van der Waals surface area contributed by atoms with E-state index in [0.717, 1.165) is 46.5 Å². The molecule has 0 fully saturated rings. The summed E-state index contributed by atoms with van der Waals surface area (Å²) in [5.74, 6) is 0.606. The van der Waals surface area contributed by atoms with Gasteiger partial charge in [0.2, 0.25) is 0 Å². The van der Waals surface area contributed by atoms with E-state index in [4.69, 9.17) is 0 Å². The number of fused-ring (bicyclic) bond motifs is 1. The molecule has 4 rings (SSSR count). The van der Waals surface area contributed by atoms with Crippen molar-refractivity contribution in [3.05, 3.63) is 74.6 Å². The lowest BCUT2D eigenvalue weighted by molar-refractivity contribution is 0.239. The highest BCUT2D eigenvalue weighted by atomic mass is 79.9. The summed E-state index contributed by atoms with van der Waals surface area (Å²) in [6, 6.07) is 7.67. The molecule has 6 nitrogen and oxygen atoms in total. The Morgan fingerprint density at radius 2 is 2.04 bits per heavy atom. The van der Waals surface area contributed by atoms with E-state index in [0.29, 0.717) is 12.4 Å². The summed E-state index contributed by atoms with van der Waals surface area (Å²) in [5, 5.41) is 0. The van der Waals surface area contributed by atoms with E-state index >= 15 is 0 Å². The number of H-pyrrole nitrogens is 1. The molecule has 0 saturated carbocycles. The molecule has 0 unspecified atom stereocenters. The monoisotopic (exact) mass is 397 g/mol. The maximum Gasteiger partial charge on any atom is 0.255 e. The number of aromatic amines is 1. The second-order valence-corrected chi connectivity index (χ2v) is 6.92. The minimum Gasteiger partial charge on any atom is -0.306 e. The van der Waals surface area contributed by atoms with Gasteiger partial charge in [0.1, 0.15) is 5.82 Å². The van der Waals surface area contributed by atoms with Crippen molar-refractivity contribution in [3.8, 4) is 11.4 Å². The average molecular weight is 398 g/mol. The maximum absolute atomic E-state index is 12.5. The summed E-state index contributed by atoms with van der Waals surface area (Å²) in [4.78, 5) is 30.7. The van der Waals surface area contributed by atoms with E-state index in [9.17, 15) is 4.79 Å². The zero-order chi connectivity index (χ0) is 17.2. The number of nitrogens with one attached hydrogen (secondary N) is 1. The van der Waals surface area contributed by atoms with Gasteiger partial charge >= 0.3 is 0 Å². The van der Waals surface area contributed by atoms with Crippen LogP contribution in [0.25, 0.3) is 11.4 Å². The summed E-state index contributed by atoms with van der Waals surface area (Å²) in [5.41, 5.74) is 3.43. The Balaban J connectivity index is 1.57. The van der Waals surface area contributed by atoms with E-state index < -0.39 is 0 Å². The van der Waals surface area contributed by atoms with Crippen molar-refractivity contribution in [1.29, 1.82) is 0 Å². The van der Waals surface area contributed by atoms with Crippen LogP contribution in [0.4, 0.5) is 0 Å². The minimum absolute atomic E-state index is 0.0646. The van der Waals surface area contributed by atoms with Crippen LogP contribution < -0.4 is 5.56 Å². The van der Waals surface area contributed by atoms with Gasteiger partial charge in [0.15, 0.2) is 0 Å². The molecule has 0 radical (unpaired) electrons. The molecule has 3 aromatic rings. The van der Waals surface area contributed by atoms with Crippen LogP contribution in [0.15, 0.2) is 52.1 Å². The van der Waals surface area contributed by atoms with Gasteiger partial charge in [-0.15, -0.1) is 0 Å². The van der Waals surface area contributed by atoms with E-state index in [1.54, 1.807) is 18.6 Å². The van der Waals surface area contributed by atoms with E-state index in [2.05, 4.69) is 40.8 Å². The van der Waals surface area contributed by atoms with Crippen LogP contribution in [0, 0.1) is 0 Å². The van der Waals surface area contributed by atoms with Gasteiger partial charge in [0, 0.05) is 54.7 Å². The second-order valence-electron chi connectivity index (χ2n) is 6.00.